The van der Waals surface area contributed by atoms with Gasteiger partial charge in [-0.15, -0.1) is 0 Å². The number of carbonyl (C=O) groups is 1. The molecule has 1 N–H and O–H groups in total. The third-order valence-corrected chi connectivity index (χ3v) is 0.824. The number of benzene rings is 1. The van der Waals surface area contributed by atoms with Gasteiger partial charge >= 0.3 is 0 Å². The molecule has 0 saturated heterocycles. The fourth-order valence-corrected chi connectivity index (χ4v) is 0.439. The van der Waals surface area contributed by atoms with Gasteiger partial charge in [0.2, 0.25) is 0 Å². The van der Waals surface area contributed by atoms with Gasteiger partial charge in [0.25, 0.3) is 6.47 Å². The molecule has 0 aliphatic heterocycles. The Bertz CT molecular complexity index is 204. The summed E-state index contributed by atoms with van der Waals surface area (Å²) in [4.78, 5) is 8.36. The molecule has 0 heterocycles. The van der Waals surface area contributed by atoms with E-state index < -0.39 is 11.6 Å². The number of carboxylic acid groups (broad SMARTS) is 1. The topological polar surface area (TPSA) is 37.3 Å². The number of rotatable bonds is 0. The van der Waals surface area contributed by atoms with Gasteiger partial charge in [-0.3, -0.25) is 4.79 Å². The van der Waals surface area contributed by atoms with E-state index in [4.69, 9.17) is 9.90 Å². The molecule has 1 aromatic rings. The highest BCUT2D eigenvalue weighted by Gasteiger charge is 1.93. The molecule has 60 valence electrons. The highest BCUT2D eigenvalue weighted by atomic mass is 19.2. The molecule has 0 aromatic heterocycles. The van der Waals surface area contributed by atoms with E-state index in [1.807, 2.05) is 0 Å². The normalized spacial score (nSPS) is 7.82. The summed E-state index contributed by atoms with van der Waals surface area (Å²) in [6.07, 6.45) is 0. The van der Waals surface area contributed by atoms with Gasteiger partial charge in [-0.25, -0.2) is 8.78 Å². The van der Waals surface area contributed by atoms with Crippen molar-refractivity contribution >= 4 is 6.47 Å². The second-order valence-corrected chi connectivity index (χ2v) is 1.52. The second kappa shape index (κ2) is 5.34. The van der Waals surface area contributed by atoms with Crippen molar-refractivity contribution < 1.29 is 18.7 Å². The van der Waals surface area contributed by atoms with Crippen LogP contribution >= 0.6 is 0 Å². The summed E-state index contributed by atoms with van der Waals surface area (Å²) in [6.45, 7) is -0.250. The van der Waals surface area contributed by atoms with Crippen LogP contribution in [0.4, 0.5) is 8.78 Å². The van der Waals surface area contributed by atoms with E-state index in [0.29, 0.717) is 0 Å². The van der Waals surface area contributed by atoms with E-state index in [0.717, 1.165) is 12.1 Å². The molecule has 0 amide bonds. The first-order valence-electron chi connectivity index (χ1n) is 2.70. The van der Waals surface area contributed by atoms with E-state index in [1.165, 1.54) is 12.1 Å². The molecule has 0 atom stereocenters. The lowest BCUT2D eigenvalue weighted by Gasteiger charge is -1.85. The van der Waals surface area contributed by atoms with Crippen LogP contribution in [0.2, 0.25) is 0 Å². The quantitative estimate of drug-likeness (QED) is 0.586. The van der Waals surface area contributed by atoms with Crippen LogP contribution in [-0.4, -0.2) is 11.6 Å². The van der Waals surface area contributed by atoms with Gasteiger partial charge in [0.15, 0.2) is 11.6 Å². The van der Waals surface area contributed by atoms with Crippen molar-refractivity contribution in [3.05, 3.63) is 35.9 Å². The molecule has 0 spiro atoms. The largest absolute Gasteiger partial charge is 0.483 e. The first-order chi connectivity index (χ1) is 5.22. The Morgan fingerprint density at radius 1 is 1.18 bits per heavy atom. The van der Waals surface area contributed by atoms with Crippen molar-refractivity contribution in [1.82, 2.24) is 0 Å². The molecule has 1 rings (SSSR count). The van der Waals surface area contributed by atoms with E-state index >= 15 is 0 Å². The summed E-state index contributed by atoms with van der Waals surface area (Å²) >= 11 is 0. The molecule has 0 saturated carbocycles. The minimum absolute atomic E-state index is 0.250. The standard InChI is InChI=1S/C6H4F2.CH2O2/c7-5-3-1-2-4-6(5)8;2-1-3/h1-4H;1H,(H,2,3). The maximum Gasteiger partial charge on any atom is 0.290 e. The van der Waals surface area contributed by atoms with Crippen LogP contribution in [-0.2, 0) is 4.79 Å². The predicted octanol–water partition coefficient (Wildman–Crippen LogP) is 1.67. The summed E-state index contributed by atoms with van der Waals surface area (Å²) < 4.78 is 23.9. The predicted molar refractivity (Wildman–Crippen MR) is 35.1 cm³/mol. The van der Waals surface area contributed by atoms with E-state index in [9.17, 15) is 8.78 Å². The zero-order valence-electron chi connectivity index (χ0n) is 5.50. The van der Waals surface area contributed by atoms with Gasteiger partial charge in [0.1, 0.15) is 0 Å². The zero-order valence-corrected chi connectivity index (χ0v) is 5.50. The Morgan fingerprint density at radius 2 is 1.45 bits per heavy atom. The fraction of sp³-hybridized carbons (Fsp3) is 0. The maximum absolute atomic E-state index is 11.9. The number of hydrogen-bond acceptors (Lipinski definition) is 1. The summed E-state index contributed by atoms with van der Waals surface area (Å²) in [6, 6.07) is 5.04. The SMILES string of the molecule is Fc1ccccc1F.O=CO. The lowest BCUT2D eigenvalue weighted by atomic mass is 10.3. The van der Waals surface area contributed by atoms with E-state index in [2.05, 4.69) is 0 Å². The molecule has 2 nitrogen and oxygen atoms in total. The summed E-state index contributed by atoms with van der Waals surface area (Å²) in [7, 11) is 0. The van der Waals surface area contributed by atoms with Crippen molar-refractivity contribution in [2.45, 2.75) is 0 Å². The third kappa shape index (κ3) is 4.02. The Kier molecular flexibility index (Phi) is 4.64. The Hall–Kier alpha value is -1.45. The van der Waals surface area contributed by atoms with Gasteiger partial charge in [0, 0.05) is 0 Å². The molecule has 0 aliphatic carbocycles. The van der Waals surface area contributed by atoms with Gasteiger partial charge in [-0.2, -0.15) is 0 Å². The van der Waals surface area contributed by atoms with Crippen LogP contribution in [0, 0.1) is 11.6 Å². The van der Waals surface area contributed by atoms with Crippen molar-refractivity contribution in [2.24, 2.45) is 0 Å². The van der Waals surface area contributed by atoms with Gasteiger partial charge in [-0.1, -0.05) is 12.1 Å². The summed E-state index contributed by atoms with van der Waals surface area (Å²) in [5.74, 6) is -1.60. The third-order valence-electron chi connectivity index (χ3n) is 0.824. The fourth-order valence-electron chi connectivity index (χ4n) is 0.439. The molecule has 0 fully saturated rings. The van der Waals surface area contributed by atoms with Gasteiger partial charge < -0.3 is 5.11 Å². The second-order valence-electron chi connectivity index (χ2n) is 1.52. The molecule has 0 radical (unpaired) electrons. The molecule has 0 bridgehead atoms. The molecule has 11 heavy (non-hydrogen) atoms. The molecule has 0 unspecified atom stereocenters. The average Bonchev–Trinajstić information content (AvgIpc) is 1.97. The highest BCUT2D eigenvalue weighted by Crippen LogP contribution is 2.01. The minimum Gasteiger partial charge on any atom is -0.483 e. The minimum atomic E-state index is -0.799. The maximum atomic E-state index is 11.9. The van der Waals surface area contributed by atoms with Gasteiger partial charge in [0.05, 0.1) is 0 Å². The molecule has 0 aliphatic rings. The number of halogens is 2. The summed E-state index contributed by atoms with van der Waals surface area (Å²) in [5, 5.41) is 6.89. The van der Waals surface area contributed by atoms with Gasteiger partial charge in [-0.05, 0) is 12.1 Å². The number of hydrogen-bond donors (Lipinski definition) is 1. The lowest BCUT2D eigenvalue weighted by Crippen LogP contribution is -1.77. The average molecular weight is 160 g/mol. The smallest absolute Gasteiger partial charge is 0.290 e. The highest BCUT2D eigenvalue weighted by molar-refractivity contribution is 5.32. The van der Waals surface area contributed by atoms with Crippen molar-refractivity contribution in [3.63, 3.8) is 0 Å². The lowest BCUT2D eigenvalue weighted by molar-refractivity contribution is -0.122. The Balaban J connectivity index is 0.000000292. The molecular weight excluding hydrogens is 154 g/mol. The van der Waals surface area contributed by atoms with Crippen LogP contribution in [0.25, 0.3) is 0 Å². The van der Waals surface area contributed by atoms with Crippen LogP contribution in [0.3, 0.4) is 0 Å². The van der Waals surface area contributed by atoms with Crippen molar-refractivity contribution in [3.8, 4) is 0 Å². The summed E-state index contributed by atoms with van der Waals surface area (Å²) in [5.41, 5.74) is 0. The Morgan fingerprint density at radius 3 is 1.64 bits per heavy atom. The zero-order chi connectivity index (χ0) is 8.69. The monoisotopic (exact) mass is 160 g/mol. The van der Waals surface area contributed by atoms with E-state index in [1.54, 1.807) is 0 Å². The van der Waals surface area contributed by atoms with E-state index in [-0.39, 0.29) is 6.47 Å². The molecular formula is C7H6F2O2. The van der Waals surface area contributed by atoms with Crippen LogP contribution in [0.1, 0.15) is 0 Å². The molecule has 1 aromatic carbocycles. The van der Waals surface area contributed by atoms with Crippen LogP contribution in [0.15, 0.2) is 24.3 Å². The van der Waals surface area contributed by atoms with Crippen molar-refractivity contribution in [1.29, 1.82) is 0 Å². The molecule has 4 heteroatoms. The van der Waals surface area contributed by atoms with Crippen LogP contribution in [0.5, 0.6) is 0 Å². The Labute approximate surface area is 62.1 Å². The first kappa shape index (κ1) is 9.55. The van der Waals surface area contributed by atoms with Crippen LogP contribution < -0.4 is 0 Å². The first-order valence-corrected chi connectivity index (χ1v) is 2.70. The van der Waals surface area contributed by atoms with Crippen molar-refractivity contribution in [2.75, 3.05) is 0 Å².